The van der Waals surface area contributed by atoms with Crippen molar-refractivity contribution in [3.8, 4) is 11.5 Å². The van der Waals surface area contributed by atoms with Gasteiger partial charge in [-0.25, -0.2) is 0 Å². The van der Waals surface area contributed by atoms with Crippen LogP contribution in [0.25, 0.3) is 0 Å². The van der Waals surface area contributed by atoms with E-state index >= 15 is 0 Å². The average Bonchev–Trinajstić information content (AvgIpc) is 3.20. The van der Waals surface area contributed by atoms with E-state index in [1.807, 2.05) is 38.1 Å². The Morgan fingerprint density at radius 1 is 1.12 bits per heavy atom. The highest BCUT2D eigenvalue weighted by molar-refractivity contribution is 5.31. The van der Waals surface area contributed by atoms with Crippen LogP contribution in [-0.4, -0.2) is 41.4 Å². The first-order chi connectivity index (χ1) is 12.8. The summed E-state index contributed by atoms with van der Waals surface area (Å²) in [5.41, 5.74) is -0.0530. The summed E-state index contributed by atoms with van der Waals surface area (Å²) in [6, 6.07) is 7.82. The molecule has 1 aliphatic heterocycles. The number of benzene rings is 1. The zero-order valence-corrected chi connectivity index (χ0v) is 15.6. The Balaban J connectivity index is 1.38. The van der Waals surface area contributed by atoms with E-state index in [0.717, 1.165) is 49.2 Å². The van der Waals surface area contributed by atoms with Gasteiger partial charge in [0.05, 0.1) is 6.61 Å². The minimum absolute atomic E-state index is 0.0530. The molecule has 0 radical (unpaired) electrons. The smallest absolute Gasteiger partial charge is 0.237 e. The lowest BCUT2D eigenvalue weighted by Gasteiger charge is -2.47. The van der Waals surface area contributed by atoms with Crippen molar-refractivity contribution in [3.05, 3.63) is 36.0 Å². The molecule has 1 aromatic carbocycles. The van der Waals surface area contributed by atoms with Crippen LogP contribution in [0.1, 0.15) is 44.9 Å². The third-order valence-electron chi connectivity index (χ3n) is 5.77. The van der Waals surface area contributed by atoms with Crippen molar-refractivity contribution in [3.63, 3.8) is 0 Å². The molecule has 2 atom stereocenters. The maximum Gasteiger partial charge on any atom is 0.237 e. The van der Waals surface area contributed by atoms with Crippen LogP contribution in [0.5, 0.6) is 11.5 Å². The zero-order valence-electron chi connectivity index (χ0n) is 15.6. The summed E-state index contributed by atoms with van der Waals surface area (Å²) < 4.78 is 17.4. The van der Waals surface area contributed by atoms with Crippen molar-refractivity contribution in [2.24, 2.45) is 5.92 Å². The Labute approximate surface area is 154 Å². The molecular weight excluding hydrogens is 330 g/mol. The van der Waals surface area contributed by atoms with Crippen molar-refractivity contribution >= 4 is 0 Å². The number of fused-ring (bicyclic) bond motifs is 1. The third kappa shape index (κ3) is 2.96. The van der Waals surface area contributed by atoms with E-state index in [9.17, 15) is 0 Å². The Hall–Kier alpha value is -2.08. The predicted molar refractivity (Wildman–Crippen MR) is 97.4 cm³/mol. The van der Waals surface area contributed by atoms with E-state index in [1.54, 1.807) is 0 Å². The van der Waals surface area contributed by atoms with Crippen LogP contribution in [0, 0.1) is 5.92 Å². The zero-order chi connectivity index (χ0) is 18.0. The fourth-order valence-electron chi connectivity index (χ4n) is 4.30. The maximum absolute atomic E-state index is 5.95. The summed E-state index contributed by atoms with van der Waals surface area (Å²) in [6.45, 7) is 7.29. The molecule has 0 spiro atoms. The lowest BCUT2D eigenvalue weighted by Crippen LogP contribution is -2.52. The molecule has 1 aromatic heterocycles. The summed E-state index contributed by atoms with van der Waals surface area (Å²) in [4.78, 5) is 2.49. The van der Waals surface area contributed by atoms with Crippen LogP contribution < -0.4 is 9.47 Å². The highest BCUT2D eigenvalue weighted by Crippen LogP contribution is 2.56. The molecular formula is C20H27N3O3. The van der Waals surface area contributed by atoms with Gasteiger partial charge in [-0.2, -0.15) is 0 Å². The second-order valence-electron chi connectivity index (χ2n) is 7.04. The average molecular weight is 357 g/mol. The molecule has 0 bridgehead atoms. The molecule has 2 aliphatic rings. The number of hydrogen-bond acceptors (Lipinski definition) is 6. The number of aryl methyl sites for hydroxylation is 1. The van der Waals surface area contributed by atoms with Gasteiger partial charge in [-0.3, -0.25) is 4.90 Å². The molecule has 2 aromatic rings. The first-order valence-electron chi connectivity index (χ1n) is 9.69. The standard InChI is InChI=1S/C20H27N3O3/c1-3-18-21-22-19(26-18)20-11-9-15(20)10-12-23(20)13-14-25-17-7-5-16(6-8-17)24-4-2/h5-8,15H,3-4,9-14H2,1-2H3/t15-,20-/m0/s1. The minimum atomic E-state index is -0.0530. The van der Waals surface area contributed by atoms with E-state index in [1.165, 1.54) is 12.8 Å². The van der Waals surface area contributed by atoms with Crippen molar-refractivity contribution in [1.82, 2.24) is 15.1 Å². The number of aromatic nitrogens is 2. The van der Waals surface area contributed by atoms with Gasteiger partial charge in [-0.05, 0) is 62.9 Å². The van der Waals surface area contributed by atoms with Gasteiger partial charge in [-0.15, -0.1) is 10.2 Å². The Bertz CT molecular complexity index is 730. The number of likely N-dealkylation sites (tertiary alicyclic amines) is 1. The quantitative estimate of drug-likeness (QED) is 0.721. The number of hydrogen-bond donors (Lipinski definition) is 0. The van der Waals surface area contributed by atoms with Gasteiger partial charge in [0.1, 0.15) is 23.6 Å². The summed E-state index contributed by atoms with van der Waals surface area (Å²) in [5, 5.41) is 8.57. The first kappa shape index (κ1) is 17.3. The molecule has 0 amide bonds. The summed E-state index contributed by atoms with van der Waals surface area (Å²) in [7, 11) is 0. The highest BCUT2D eigenvalue weighted by Gasteiger charge is 2.59. The number of rotatable bonds is 8. The molecule has 0 N–H and O–H groups in total. The van der Waals surface area contributed by atoms with Crippen LogP contribution in [0.4, 0.5) is 0 Å². The van der Waals surface area contributed by atoms with Gasteiger partial charge in [0.2, 0.25) is 11.8 Å². The largest absolute Gasteiger partial charge is 0.494 e. The lowest BCUT2D eigenvalue weighted by atomic mass is 9.67. The van der Waals surface area contributed by atoms with Gasteiger partial charge in [0, 0.05) is 13.0 Å². The molecule has 1 saturated carbocycles. The summed E-state index contributed by atoms with van der Waals surface area (Å²) in [5.74, 6) is 3.93. The summed E-state index contributed by atoms with van der Waals surface area (Å²) >= 11 is 0. The molecule has 26 heavy (non-hydrogen) atoms. The van der Waals surface area contributed by atoms with Crippen LogP contribution >= 0.6 is 0 Å². The van der Waals surface area contributed by atoms with Crippen LogP contribution in [-0.2, 0) is 12.0 Å². The van der Waals surface area contributed by atoms with Gasteiger partial charge in [-0.1, -0.05) is 6.92 Å². The van der Waals surface area contributed by atoms with Crippen LogP contribution in [0.15, 0.2) is 28.7 Å². The van der Waals surface area contributed by atoms with Crippen molar-refractivity contribution in [2.75, 3.05) is 26.3 Å². The molecule has 1 saturated heterocycles. The van der Waals surface area contributed by atoms with Gasteiger partial charge < -0.3 is 13.9 Å². The molecule has 1 aliphatic carbocycles. The van der Waals surface area contributed by atoms with Gasteiger partial charge in [0.15, 0.2) is 0 Å². The van der Waals surface area contributed by atoms with E-state index in [0.29, 0.717) is 19.1 Å². The van der Waals surface area contributed by atoms with Crippen molar-refractivity contribution < 1.29 is 13.9 Å². The lowest BCUT2D eigenvalue weighted by molar-refractivity contribution is -0.0167. The van der Waals surface area contributed by atoms with E-state index in [2.05, 4.69) is 15.1 Å². The van der Waals surface area contributed by atoms with E-state index in [4.69, 9.17) is 13.9 Å². The number of nitrogens with zero attached hydrogens (tertiary/aromatic N) is 3. The maximum atomic E-state index is 5.95. The van der Waals surface area contributed by atoms with Gasteiger partial charge in [0.25, 0.3) is 0 Å². The predicted octanol–water partition coefficient (Wildman–Crippen LogP) is 3.42. The van der Waals surface area contributed by atoms with E-state index < -0.39 is 0 Å². The third-order valence-corrected chi connectivity index (χ3v) is 5.77. The molecule has 6 heteroatoms. The minimum Gasteiger partial charge on any atom is -0.494 e. The first-order valence-corrected chi connectivity index (χ1v) is 9.69. The normalized spacial score (nSPS) is 24.9. The molecule has 4 rings (SSSR count). The second-order valence-corrected chi connectivity index (χ2v) is 7.04. The Morgan fingerprint density at radius 3 is 2.50 bits per heavy atom. The fourth-order valence-corrected chi connectivity index (χ4v) is 4.30. The second kappa shape index (κ2) is 7.27. The van der Waals surface area contributed by atoms with Crippen LogP contribution in [0.3, 0.4) is 0 Å². The SMILES string of the molecule is CCOc1ccc(OCCN2CC[C@@H]3CC[C@@]32c2nnc(CC)o2)cc1. The molecule has 6 nitrogen and oxygen atoms in total. The Morgan fingerprint density at radius 2 is 1.88 bits per heavy atom. The highest BCUT2D eigenvalue weighted by atomic mass is 16.5. The Kier molecular flexibility index (Phi) is 4.85. The molecule has 2 heterocycles. The number of ether oxygens (including phenoxy) is 2. The topological polar surface area (TPSA) is 60.6 Å². The van der Waals surface area contributed by atoms with Crippen molar-refractivity contribution in [2.45, 2.75) is 45.1 Å². The van der Waals surface area contributed by atoms with Gasteiger partial charge >= 0.3 is 0 Å². The molecule has 0 unspecified atom stereocenters. The summed E-state index contributed by atoms with van der Waals surface area (Å²) in [6.07, 6.45) is 4.34. The molecule has 2 fully saturated rings. The monoisotopic (exact) mass is 357 g/mol. The fraction of sp³-hybridized carbons (Fsp3) is 0.600. The van der Waals surface area contributed by atoms with E-state index in [-0.39, 0.29) is 5.54 Å². The van der Waals surface area contributed by atoms with Crippen molar-refractivity contribution in [1.29, 1.82) is 0 Å². The molecule has 140 valence electrons. The van der Waals surface area contributed by atoms with Crippen LogP contribution in [0.2, 0.25) is 0 Å².